The number of alkyl halides is 1. The van der Waals surface area contributed by atoms with Crippen molar-refractivity contribution in [3.8, 4) is 0 Å². The van der Waals surface area contributed by atoms with E-state index in [2.05, 4.69) is 0 Å². The predicted octanol–water partition coefficient (Wildman–Crippen LogP) is 1.68. The van der Waals surface area contributed by atoms with Crippen LogP contribution in [0.25, 0.3) is 0 Å². The summed E-state index contributed by atoms with van der Waals surface area (Å²) in [6, 6.07) is 0. The highest BCUT2D eigenvalue weighted by Gasteiger charge is 2.18. The van der Waals surface area contributed by atoms with Crippen LogP contribution in [0.3, 0.4) is 0 Å². The van der Waals surface area contributed by atoms with Gasteiger partial charge >= 0.3 is 0 Å². The zero-order valence-corrected chi connectivity index (χ0v) is 6.80. The van der Waals surface area contributed by atoms with E-state index in [0.29, 0.717) is 0 Å². The Balaban J connectivity index is 3.56. The van der Waals surface area contributed by atoms with Crippen LogP contribution < -0.4 is 5.46 Å². The van der Waals surface area contributed by atoms with Crippen molar-refractivity contribution in [2.45, 2.75) is 13.6 Å². The van der Waals surface area contributed by atoms with Crippen LogP contribution in [0.15, 0.2) is 0 Å². The fourth-order valence-corrected chi connectivity index (χ4v) is 1.02. The largest absolute Gasteiger partial charge is 0.246 e. The first-order valence-electron chi connectivity index (χ1n) is 3.48. The molecule has 1 rings (SSSR count). The molecule has 0 saturated heterocycles. The van der Waals surface area contributed by atoms with Gasteiger partial charge in [-0.2, -0.15) is 0 Å². The fraction of sp³-hybridized carbons (Fsp3) is 0.250. The van der Waals surface area contributed by atoms with Crippen molar-refractivity contribution in [2.24, 2.45) is 0 Å². The fourth-order valence-electron chi connectivity index (χ4n) is 1.02. The number of hydrogen-bond acceptors (Lipinski definition) is 0. The predicted molar refractivity (Wildman–Crippen MR) is 41.3 cm³/mol. The van der Waals surface area contributed by atoms with Crippen LogP contribution in [-0.4, -0.2) is 7.85 Å². The molecule has 0 atom stereocenters. The molecule has 5 heteroatoms. The summed E-state index contributed by atoms with van der Waals surface area (Å²) in [5.41, 5.74) is -1.30. The topological polar surface area (TPSA) is 0 Å². The Morgan fingerprint density at radius 1 is 1.08 bits per heavy atom. The Bertz CT molecular complexity index is 319. The molecule has 0 heterocycles. The molecular weight excluding hydrogens is 183 g/mol. The van der Waals surface area contributed by atoms with Crippen molar-refractivity contribution in [1.29, 1.82) is 0 Å². The van der Waals surface area contributed by atoms with Crippen molar-refractivity contribution in [3.63, 3.8) is 0 Å². The van der Waals surface area contributed by atoms with E-state index in [1.165, 1.54) is 0 Å². The maximum absolute atomic E-state index is 12.8. The summed E-state index contributed by atoms with van der Waals surface area (Å²) < 4.78 is 50.3. The molecular formula is C8H5BF4. The average molecular weight is 188 g/mol. The van der Waals surface area contributed by atoms with Gasteiger partial charge in [0.1, 0.15) is 14.5 Å². The quantitative estimate of drug-likeness (QED) is 0.357. The van der Waals surface area contributed by atoms with Gasteiger partial charge < -0.3 is 0 Å². The Hall–Kier alpha value is -0.995. The van der Waals surface area contributed by atoms with Gasteiger partial charge in [-0.15, -0.1) is 0 Å². The summed E-state index contributed by atoms with van der Waals surface area (Å²) in [6.45, 7) is 0.0227. The number of rotatable bonds is 1. The zero-order chi connectivity index (χ0) is 10.2. The third-order valence-corrected chi connectivity index (χ3v) is 1.86. The smallest absolute Gasteiger partial charge is 0.194 e. The molecule has 0 aromatic heterocycles. The summed E-state index contributed by atoms with van der Waals surface area (Å²) >= 11 is 0. The summed E-state index contributed by atoms with van der Waals surface area (Å²) in [5, 5.41) is 0. The van der Waals surface area contributed by atoms with E-state index < -0.39 is 29.6 Å². The van der Waals surface area contributed by atoms with Gasteiger partial charge in [-0.1, -0.05) is 5.46 Å². The molecule has 2 radical (unpaired) electrons. The first-order chi connectivity index (χ1) is 6.00. The van der Waals surface area contributed by atoms with Crippen molar-refractivity contribution >= 4 is 13.3 Å². The van der Waals surface area contributed by atoms with Crippen molar-refractivity contribution < 1.29 is 17.6 Å². The summed E-state index contributed by atoms with van der Waals surface area (Å²) in [6.07, 6.45) is 0. The lowest BCUT2D eigenvalue weighted by Crippen LogP contribution is -2.20. The Morgan fingerprint density at radius 3 is 2.08 bits per heavy atom. The second-order valence-electron chi connectivity index (χ2n) is 2.59. The van der Waals surface area contributed by atoms with Crippen LogP contribution in [0.5, 0.6) is 0 Å². The molecule has 0 amide bonds. The first-order valence-corrected chi connectivity index (χ1v) is 3.48. The third kappa shape index (κ3) is 1.43. The molecule has 0 aliphatic rings. The summed E-state index contributed by atoms with van der Waals surface area (Å²) in [4.78, 5) is 0. The molecule has 0 bridgehead atoms. The van der Waals surface area contributed by atoms with Crippen molar-refractivity contribution in [2.75, 3.05) is 0 Å². The zero-order valence-electron chi connectivity index (χ0n) is 6.80. The van der Waals surface area contributed by atoms with Crippen LogP contribution in [0.2, 0.25) is 0 Å². The molecule has 68 valence electrons. The molecule has 0 nitrogen and oxygen atoms in total. The van der Waals surface area contributed by atoms with E-state index in [1.807, 2.05) is 0 Å². The SMILES string of the molecule is [B]c1c(F)c(F)c(F)c(C)c1CF. The molecule has 0 fully saturated rings. The highest BCUT2D eigenvalue weighted by atomic mass is 19.2. The van der Waals surface area contributed by atoms with Gasteiger partial charge in [-0.05, 0) is 18.1 Å². The lowest BCUT2D eigenvalue weighted by atomic mass is 9.87. The lowest BCUT2D eigenvalue weighted by molar-refractivity contribution is 0.434. The van der Waals surface area contributed by atoms with Gasteiger partial charge in [0.2, 0.25) is 0 Å². The number of halogens is 4. The van der Waals surface area contributed by atoms with Crippen molar-refractivity contribution in [3.05, 3.63) is 28.6 Å². The minimum atomic E-state index is -1.66. The maximum atomic E-state index is 12.8. The monoisotopic (exact) mass is 188 g/mol. The summed E-state index contributed by atoms with van der Waals surface area (Å²) in [7, 11) is 5.04. The van der Waals surface area contributed by atoms with Crippen LogP contribution in [-0.2, 0) is 6.67 Å². The summed E-state index contributed by atoms with van der Waals surface area (Å²) in [5.74, 6) is -4.58. The van der Waals surface area contributed by atoms with E-state index in [1.54, 1.807) is 0 Å². The van der Waals surface area contributed by atoms with E-state index in [-0.39, 0.29) is 11.1 Å². The molecule has 0 aliphatic heterocycles. The van der Waals surface area contributed by atoms with E-state index in [9.17, 15) is 17.6 Å². The van der Waals surface area contributed by atoms with Crippen LogP contribution in [0.4, 0.5) is 17.6 Å². The number of hydrogen-bond donors (Lipinski definition) is 0. The molecule has 0 unspecified atom stereocenters. The Kier molecular flexibility index (Phi) is 2.64. The van der Waals surface area contributed by atoms with Crippen LogP contribution >= 0.6 is 0 Å². The van der Waals surface area contributed by atoms with E-state index >= 15 is 0 Å². The van der Waals surface area contributed by atoms with Crippen molar-refractivity contribution in [1.82, 2.24) is 0 Å². The second kappa shape index (κ2) is 3.40. The second-order valence-corrected chi connectivity index (χ2v) is 2.59. The van der Waals surface area contributed by atoms with Gasteiger partial charge in [0, 0.05) is 0 Å². The average Bonchev–Trinajstić information content (AvgIpc) is 2.13. The molecule has 0 spiro atoms. The third-order valence-electron chi connectivity index (χ3n) is 1.86. The molecule has 0 saturated carbocycles. The van der Waals surface area contributed by atoms with Gasteiger partial charge in [0.05, 0.1) is 0 Å². The lowest BCUT2D eigenvalue weighted by Gasteiger charge is -2.09. The van der Waals surface area contributed by atoms with Gasteiger partial charge in [0.25, 0.3) is 0 Å². The number of benzene rings is 1. The first kappa shape index (κ1) is 10.1. The normalized spacial score (nSPS) is 10.5. The van der Waals surface area contributed by atoms with Gasteiger partial charge in [0.15, 0.2) is 17.5 Å². The maximum Gasteiger partial charge on any atom is 0.194 e. The standard InChI is InChI=1S/C8H5BF4/c1-3-4(2-10)5(9)7(12)8(13)6(3)11/h2H2,1H3. The highest BCUT2D eigenvalue weighted by Crippen LogP contribution is 2.17. The molecule has 1 aromatic carbocycles. The Morgan fingerprint density at radius 2 is 1.62 bits per heavy atom. The minimum absolute atomic E-state index is 0.293. The molecule has 0 N–H and O–H groups in total. The molecule has 1 aromatic rings. The van der Waals surface area contributed by atoms with Crippen LogP contribution in [0.1, 0.15) is 11.1 Å². The van der Waals surface area contributed by atoms with Gasteiger partial charge in [-0.25, -0.2) is 17.6 Å². The highest BCUT2D eigenvalue weighted by molar-refractivity contribution is 6.33. The molecule has 0 aliphatic carbocycles. The van der Waals surface area contributed by atoms with E-state index in [0.717, 1.165) is 6.92 Å². The van der Waals surface area contributed by atoms with Gasteiger partial charge in [-0.3, -0.25) is 0 Å². The molecule has 13 heavy (non-hydrogen) atoms. The van der Waals surface area contributed by atoms with E-state index in [4.69, 9.17) is 7.85 Å². The van der Waals surface area contributed by atoms with Crippen LogP contribution in [0, 0.1) is 24.4 Å². The minimum Gasteiger partial charge on any atom is -0.246 e. The Labute approximate surface area is 74.0 Å².